The largest absolute Gasteiger partial charge is 0.454 e. The minimum absolute atomic E-state index is 0.00607. The number of urea groups is 1. The number of amides is 4. The van der Waals surface area contributed by atoms with E-state index >= 15 is 0 Å². The molecule has 3 heterocycles. The molecule has 2 N–H and O–H groups in total. The van der Waals surface area contributed by atoms with Gasteiger partial charge in [-0.2, -0.15) is 0 Å². The summed E-state index contributed by atoms with van der Waals surface area (Å²) in [6.45, 7) is 1.09. The summed E-state index contributed by atoms with van der Waals surface area (Å²) in [5.41, 5.74) is 0.00327. The van der Waals surface area contributed by atoms with Crippen LogP contribution >= 0.6 is 0 Å². The first-order valence-electron chi connectivity index (χ1n) is 7.86. The summed E-state index contributed by atoms with van der Waals surface area (Å²) in [7, 11) is 0. The van der Waals surface area contributed by atoms with Crippen LogP contribution in [0.5, 0.6) is 11.5 Å². The van der Waals surface area contributed by atoms with E-state index in [9.17, 15) is 14.4 Å². The summed E-state index contributed by atoms with van der Waals surface area (Å²) >= 11 is 0. The van der Waals surface area contributed by atoms with E-state index < -0.39 is 11.6 Å². The maximum absolute atomic E-state index is 12.5. The van der Waals surface area contributed by atoms with Crippen LogP contribution in [0.15, 0.2) is 18.2 Å². The van der Waals surface area contributed by atoms with Crippen molar-refractivity contribution in [2.24, 2.45) is 0 Å². The molecule has 0 unspecified atom stereocenters. The molecule has 0 aliphatic carbocycles. The average molecular weight is 331 g/mol. The first kappa shape index (κ1) is 14.8. The summed E-state index contributed by atoms with van der Waals surface area (Å²) in [5.74, 6) is 1.04. The smallest absolute Gasteiger partial charge is 0.322 e. The lowest BCUT2D eigenvalue weighted by Gasteiger charge is -2.37. The van der Waals surface area contributed by atoms with Crippen molar-refractivity contribution < 1.29 is 23.9 Å². The molecule has 3 aliphatic heterocycles. The number of carbonyl (C=O) groups is 3. The normalized spacial score (nSPS) is 20.9. The van der Waals surface area contributed by atoms with E-state index in [1.165, 1.54) is 0 Å². The number of hydrogen-bond donors (Lipinski definition) is 2. The number of benzene rings is 1. The van der Waals surface area contributed by atoms with Gasteiger partial charge < -0.3 is 19.7 Å². The van der Waals surface area contributed by atoms with Crippen molar-refractivity contribution >= 4 is 17.8 Å². The molecule has 0 atom stereocenters. The summed E-state index contributed by atoms with van der Waals surface area (Å²) < 4.78 is 10.6. The van der Waals surface area contributed by atoms with Crippen molar-refractivity contribution in [2.75, 3.05) is 19.9 Å². The third-order valence-corrected chi connectivity index (χ3v) is 4.78. The molecule has 4 rings (SSSR count). The Morgan fingerprint density at radius 2 is 1.92 bits per heavy atom. The maximum Gasteiger partial charge on any atom is 0.322 e. The highest BCUT2D eigenvalue weighted by Gasteiger charge is 2.48. The van der Waals surface area contributed by atoms with Gasteiger partial charge in [-0.15, -0.1) is 0 Å². The van der Waals surface area contributed by atoms with Crippen molar-refractivity contribution in [3.63, 3.8) is 0 Å². The van der Waals surface area contributed by atoms with Crippen LogP contribution in [0, 0.1) is 0 Å². The maximum atomic E-state index is 12.5. The van der Waals surface area contributed by atoms with Gasteiger partial charge in [0.1, 0.15) is 5.54 Å². The van der Waals surface area contributed by atoms with E-state index in [0.717, 1.165) is 5.56 Å². The lowest BCUT2D eigenvalue weighted by molar-refractivity contribution is -0.135. The molecule has 0 radical (unpaired) electrons. The monoisotopic (exact) mass is 331 g/mol. The van der Waals surface area contributed by atoms with Gasteiger partial charge >= 0.3 is 6.03 Å². The number of likely N-dealkylation sites (tertiary alicyclic amines) is 1. The van der Waals surface area contributed by atoms with Crippen LogP contribution in [0.3, 0.4) is 0 Å². The van der Waals surface area contributed by atoms with Crippen molar-refractivity contribution in [1.82, 2.24) is 15.5 Å². The second-order valence-corrected chi connectivity index (χ2v) is 6.24. The fourth-order valence-corrected chi connectivity index (χ4v) is 3.36. The number of rotatable bonds is 2. The number of carbonyl (C=O) groups excluding carboxylic acids is 3. The van der Waals surface area contributed by atoms with E-state index in [-0.39, 0.29) is 25.0 Å². The predicted molar refractivity (Wildman–Crippen MR) is 81.5 cm³/mol. The first-order valence-corrected chi connectivity index (χ1v) is 7.86. The molecule has 126 valence electrons. The number of nitrogens with one attached hydrogen (secondary N) is 2. The molecule has 4 amide bonds. The van der Waals surface area contributed by atoms with E-state index in [4.69, 9.17) is 9.47 Å². The SMILES string of the molecule is O=C1NC(=O)C2(CCN(C(=O)Cc3ccc4c(c3)OCO4)CC2)N1. The average Bonchev–Trinajstić information content (AvgIpc) is 3.12. The van der Waals surface area contributed by atoms with Crippen molar-refractivity contribution in [2.45, 2.75) is 24.8 Å². The zero-order valence-corrected chi connectivity index (χ0v) is 13.0. The Balaban J connectivity index is 1.38. The zero-order valence-electron chi connectivity index (χ0n) is 13.0. The molecule has 3 aliphatic rings. The Morgan fingerprint density at radius 1 is 1.17 bits per heavy atom. The van der Waals surface area contributed by atoms with Crippen LogP contribution in [-0.4, -0.2) is 48.2 Å². The Labute approximate surface area is 138 Å². The molecular weight excluding hydrogens is 314 g/mol. The molecule has 0 bridgehead atoms. The van der Waals surface area contributed by atoms with Gasteiger partial charge in [0.15, 0.2) is 11.5 Å². The van der Waals surface area contributed by atoms with Crippen LogP contribution in [-0.2, 0) is 16.0 Å². The van der Waals surface area contributed by atoms with E-state index in [1.54, 1.807) is 11.0 Å². The molecule has 1 spiro atoms. The van der Waals surface area contributed by atoms with Gasteiger partial charge in [-0.1, -0.05) is 6.07 Å². The fraction of sp³-hybridized carbons (Fsp3) is 0.438. The molecule has 8 nitrogen and oxygen atoms in total. The lowest BCUT2D eigenvalue weighted by Crippen LogP contribution is -2.55. The molecule has 0 aromatic heterocycles. The van der Waals surface area contributed by atoms with Crippen LogP contribution in [0.25, 0.3) is 0 Å². The minimum Gasteiger partial charge on any atom is -0.454 e. The van der Waals surface area contributed by atoms with Gasteiger partial charge in [-0.25, -0.2) is 4.79 Å². The number of ether oxygens (including phenoxy) is 2. The van der Waals surface area contributed by atoms with Gasteiger partial charge in [-0.05, 0) is 30.5 Å². The van der Waals surface area contributed by atoms with Gasteiger partial charge in [0.05, 0.1) is 6.42 Å². The molecule has 1 aromatic carbocycles. The van der Waals surface area contributed by atoms with Gasteiger partial charge in [-0.3, -0.25) is 14.9 Å². The van der Waals surface area contributed by atoms with Gasteiger partial charge in [0.2, 0.25) is 12.7 Å². The number of piperidine rings is 1. The summed E-state index contributed by atoms with van der Waals surface area (Å²) in [6, 6.07) is 5.01. The molecule has 2 fully saturated rings. The highest BCUT2D eigenvalue weighted by molar-refractivity contribution is 6.07. The third kappa shape index (κ3) is 2.44. The second-order valence-electron chi connectivity index (χ2n) is 6.24. The second kappa shape index (κ2) is 5.40. The Morgan fingerprint density at radius 3 is 2.62 bits per heavy atom. The Kier molecular flexibility index (Phi) is 3.33. The molecule has 8 heteroatoms. The molecule has 2 saturated heterocycles. The molecule has 1 aromatic rings. The number of hydrogen-bond acceptors (Lipinski definition) is 5. The molecule has 24 heavy (non-hydrogen) atoms. The molecular formula is C16H17N3O5. The Bertz CT molecular complexity index is 724. The first-order chi connectivity index (χ1) is 11.6. The van der Waals surface area contributed by atoms with E-state index in [1.807, 2.05) is 12.1 Å². The minimum atomic E-state index is -0.855. The standard InChI is InChI=1S/C16H17N3O5/c20-13(8-10-1-2-11-12(7-10)24-9-23-11)19-5-3-16(4-6-19)14(21)17-15(22)18-16/h1-2,7H,3-6,8-9H2,(H2,17,18,21,22). The highest BCUT2D eigenvalue weighted by Crippen LogP contribution is 2.33. The van der Waals surface area contributed by atoms with Gasteiger partial charge in [0, 0.05) is 13.1 Å². The van der Waals surface area contributed by atoms with Crippen LogP contribution in [0.1, 0.15) is 18.4 Å². The number of imide groups is 1. The van der Waals surface area contributed by atoms with Crippen LogP contribution in [0.2, 0.25) is 0 Å². The predicted octanol–water partition coefficient (Wildman–Crippen LogP) is 0.158. The van der Waals surface area contributed by atoms with Crippen molar-refractivity contribution in [3.05, 3.63) is 23.8 Å². The van der Waals surface area contributed by atoms with Crippen LogP contribution < -0.4 is 20.1 Å². The van der Waals surface area contributed by atoms with E-state index in [2.05, 4.69) is 10.6 Å². The summed E-state index contributed by atoms with van der Waals surface area (Å²) in [4.78, 5) is 37.5. The topological polar surface area (TPSA) is 97.0 Å². The number of nitrogens with zero attached hydrogens (tertiary/aromatic N) is 1. The summed E-state index contributed by atoms with van der Waals surface area (Å²) in [5, 5.41) is 4.96. The fourth-order valence-electron chi connectivity index (χ4n) is 3.36. The number of fused-ring (bicyclic) bond motifs is 1. The zero-order chi connectivity index (χ0) is 16.7. The quantitative estimate of drug-likeness (QED) is 0.753. The lowest BCUT2D eigenvalue weighted by atomic mass is 9.87. The third-order valence-electron chi connectivity index (χ3n) is 4.78. The Hall–Kier alpha value is -2.77. The van der Waals surface area contributed by atoms with Crippen molar-refractivity contribution in [1.29, 1.82) is 0 Å². The van der Waals surface area contributed by atoms with Crippen LogP contribution in [0.4, 0.5) is 4.79 Å². The highest BCUT2D eigenvalue weighted by atomic mass is 16.7. The van der Waals surface area contributed by atoms with E-state index in [0.29, 0.717) is 37.4 Å². The molecule has 0 saturated carbocycles. The van der Waals surface area contributed by atoms with Gasteiger partial charge in [0.25, 0.3) is 5.91 Å². The van der Waals surface area contributed by atoms with Crippen molar-refractivity contribution in [3.8, 4) is 11.5 Å². The summed E-state index contributed by atoms with van der Waals surface area (Å²) in [6.07, 6.45) is 1.12.